The van der Waals surface area contributed by atoms with E-state index in [0.717, 1.165) is 52.9 Å². The Morgan fingerprint density at radius 1 is 0.861 bits per heavy atom. The van der Waals surface area contributed by atoms with Crippen LogP contribution in [0.15, 0.2) is 72.8 Å². The van der Waals surface area contributed by atoms with Crippen molar-refractivity contribution in [3.05, 3.63) is 95.1 Å². The highest BCUT2D eigenvalue weighted by molar-refractivity contribution is 5.85. The molecule has 0 N–H and O–H groups in total. The first-order valence-corrected chi connectivity index (χ1v) is 13.0. The Hall–Kier alpha value is -2.63. The number of fused-ring (bicyclic) bond motifs is 4. The number of halogens is 1. The van der Waals surface area contributed by atoms with Crippen molar-refractivity contribution in [1.82, 2.24) is 0 Å². The third-order valence-corrected chi connectivity index (χ3v) is 8.72. The van der Waals surface area contributed by atoms with Crippen LogP contribution in [0.2, 0.25) is 0 Å². The van der Waals surface area contributed by atoms with Gasteiger partial charge in [0.1, 0.15) is 30.1 Å². The molecule has 188 valence electrons. The number of ether oxygens (including phenoxy) is 2. The summed E-state index contributed by atoms with van der Waals surface area (Å²) >= 11 is 0. The number of carbonyl (C=O) groups excluding carboxylic acids is 1. The molecule has 0 saturated carbocycles. The van der Waals surface area contributed by atoms with Gasteiger partial charge in [-0.25, -0.2) is 0 Å². The minimum absolute atomic E-state index is 0. The minimum atomic E-state index is -0.436. The van der Waals surface area contributed by atoms with Crippen LogP contribution in [0.5, 0.6) is 11.5 Å². The van der Waals surface area contributed by atoms with Crippen molar-refractivity contribution in [2.45, 2.75) is 69.7 Å². The van der Waals surface area contributed by atoms with E-state index in [1.54, 1.807) is 0 Å². The van der Waals surface area contributed by atoms with Gasteiger partial charge in [-0.2, -0.15) is 0 Å². The molecule has 2 saturated heterocycles. The molecule has 36 heavy (non-hydrogen) atoms. The summed E-state index contributed by atoms with van der Waals surface area (Å²) in [4.78, 5) is 13.7. The number of hydrogen-bond acceptors (Lipinski definition) is 3. The standard InChI is InChI=1S/C31H34NO3.BrH/c1-3-21-12-14-22(15-13-21)20-32(2)23-16-17-24(32)19-25(18-23)34-31(33)30-26-8-4-6-10-28(26)35-29-11-7-5-9-27(29)30;/h4-15,23-25,30H,3,16-20H2,1-2H3;1H/q+1;/p-1. The molecule has 3 aromatic carbocycles. The smallest absolute Gasteiger partial charge is 0.318 e. The predicted octanol–water partition coefficient (Wildman–Crippen LogP) is 3.37. The highest BCUT2D eigenvalue weighted by Crippen LogP contribution is 2.47. The van der Waals surface area contributed by atoms with Crippen molar-refractivity contribution in [2.24, 2.45) is 0 Å². The number of benzene rings is 3. The fourth-order valence-corrected chi connectivity index (χ4v) is 6.72. The summed E-state index contributed by atoms with van der Waals surface area (Å²) in [5, 5.41) is 0. The van der Waals surface area contributed by atoms with Crippen LogP contribution in [0, 0.1) is 0 Å². The second-order valence-electron chi connectivity index (χ2n) is 10.7. The lowest BCUT2D eigenvalue weighted by Crippen LogP contribution is -3.00. The lowest BCUT2D eigenvalue weighted by molar-refractivity contribution is -0.961. The van der Waals surface area contributed by atoms with E-state index in [1.807, 2.05) is 48.5 Å². The van der Waals surface area contributed by atoms with Crippen LogP contribution >= 0.6 is 0 Å². The summed E-state index contributed by atoms with van der Waals surface area (Å²) < 4.78 is 13.4. The van der Waals surface area contributed by atoms with Crippen LogP contribution in [0.4, 0.5) is 0 Å². The molecule has 2 unspecified atom stereocenters. The summed E-state index contributed by atoms with van der Waals surface area (Å²) in [6.45, 7) is 3.26. The number of nitrogens with zero attached hydrogens (tertiary/aromatic N) is 1. The quantitative estimate of drug-likeness (QED) is 0.363. The van der Waals surface area contributed by atoms with E-state index in [9.17, 15) is 4.79 Å². The molecular formula is C31H34BrNO3. The van der Waals surface area contributed by atoms with Crippen LogP contribution in [-0.2, 0) is 22.5 Å². The number of carbonyl (C=O) groups is 1. The Balaban J connectivity index is 0.00000267. The van der Waals surface area contributed by atoms with Gasteiger partial charge in [-0.3, -0.25) is 4.79 Å². The number of rotatable bonds is 5. The van der Waals surface area contributed by atoms with E-state index in [2.05, 4.69) is 38.2 Å². The lowest BCUT2D eigenvalue weighted by Gasteiger charge is -2.47. The zero-order valence-electron chi connectivity index (χ0n) is 21.0. The Bertz CT molecular complexity index is 1180. The van der Waals surface area contributed by atoms with Gasteiger partial charge in [0.2, 0.25) is 0 Å². The molecule has 2 bridgehead atoms. The Kier molecular flexibility index (Phi) is 6.97. The van der Waals surface area contributed by atoms with Gasteiger partial charge in [0.25, 0.3) is 0 Å². The van der Waals surface area contributed by atoms with Gasteiger partial charge in [0.05, 0.1) is 19.1 Å². The van der Waals surface area contributed by atoms with Crippen molar-refractivity contribution in [3.8, 4) is 11.5 Å². The molecule has 3 aromatic rings. The van der Waals surface area contributed by atoms with E-state index >= 15 is 0 Å². The molecule has 2 atom stereocenters. The maximum atomic E-state index is 13.7. The summed E-state index contributed by atoms with van der Waals surface area (Å²) in [6, 6.07) is 25.9. The molecule has 0 aromatic heterocycles. The molecule has 0 aliphatic carbocycles. The van der Waals surface area contributed by atoms with Crippen LogP contribution < -0.4 is 21.7 Å². The van der Waals surface area contributed by atoms with E-state index in [1.165, 1.54) is 24.0 Å². The molecule has 4 nitrogen and oxygen atoms in total. The molecule has 3 aliphatic heterocycles. The fraction of sp³-hybridized carbons (Fsp3) is 0.387. The summed E-state index contributed by atoms with van der Waals surface area (Å²) in [5.74, 6) is 0.905. The highest BCUT2D eigenvalue weighted by Gasteiger charge is 2.52. The van der Waals surface area contributed by atoms with Crippen LogP contribution in [-0.4, -0.2) is 35.7 Å². The number of piperidine rings is 1. The molecule has 2 fully saturated rings. The maximum Gasteiger partial charge on any atom is 0.318 e. The average Bonchev–Trinajstić information content (AvgIpc) is 3.03. The first-order valence-electron chi connectivity index (χ1n) is 13.0. The van der Waals surface area contributed by atoms with Gasteiger partial charge in [-0.1, -0.05) is 67.6 Å². The van der Waals surface area contributed by atoms with Gasteiger partial charge in [-0.15, -0.1) is 0 Å². The molecule has 0 spiro atoms. The maximum absolute atomic E-state index is 13.7. The van der Waals surface area contributed by atoms with Crippen molar-refractivity contribution in [2.75, 3.05) is 7.05 Å². The molecule has 0 radical (unpaired) electrons. The highest BCUT2D eigenvalue weighted by atomic mass is 79.9. The number of esters is 1. The van der Waals surface area contributed by atoms with Crippen molar-refractivity contribution in [1.29, 1.82) is 0 Å². The van der Waals surface area contributed by atoms with E-state index in [4.69, 9.17) is 9.47 Å². The first kappa shape index (κ1) is 25.0. The van der Waals surface area contributed by atoms with Gasteiger partial charge in [0, 0.05) is 42.4 Å². The minimum Gasteiger partial charge on any atom is -1.00 e. The van der Waals surface area contributed by atoms with E-state index in [-0.39, 0.29) is 29.1 Å². The molecule has 5 heteroatoms. The van der Waals surface area contributed by atoms with E-state index < -0.39 is 5.92 Å². The normalized spacial score (nSPS) is 26.2. The predicted molar refractivity (Wildman–Crippen MR) is 136 cm³/mol. The number of aryl methyl sites for hydroxylation is 1. The van der Waals surface area contributed by atoms with Crippen LogP contribution in [0.3, 0.4) is 0 Å². The third kappa shape index (κ3) is 4.37. The average molecular weight is 549 g/mol. The van der Waals surface area contributed by atoms with Crippen molar-refractivity contribution in [3.63, 3.8) is 0 Å². The molecule has 6 rings (SSSR count). The Labute approximate surface area is 224 Å². The van der Waals surface area contributed by atoms with E-state index in [0.29, 0.717) is 12.1 Å². The number of para-hydroxylation sites is 2. The topological polar surface area (TPSA) is 35.5 Å². The summed E-state index contributed by atoms with van der Waals surface area (Å²) in [5.41, 5.74) is 4.59. The Morgan fingerprint density at radius 2 is 1.39 bits per heavy atom. The van der Waals surface area contributed by atoms with Gasteiger partial charge in [-0.05, 0) is 24.1 Å². The lowest BCUT2D eigenvalue weighted by atomic mass is 9.88. The molecule has 3 aliphatic rings. The number of quaternary nitrogens is 1. The zero-order valence-corrected chi connectivity index (χ0v) is 22.6. The second kappa shape index (κ2) is 10.0. The Morgan fingerprint density at radius 3 is 1.94 bits per heavy atom. The summed E-state index contributed by atoms with van der Waals surface area (Å²) in [7, 11) is 2.42. The fourth-order valence-electron chi connectivity index (χ4n) is 6.72. The van der Waals surface area contributed by atoms with Crippen LogP contribution in [0.25, 0.3) is 0 Å². The van der Waals surface area contributed by atoms with Crippen molar-refractivity contribution >= 4 is 5.97 Å². The zero-order chi connectivity index (χ0) is 24.0. The van der Waals surface area contributed by atoms with Gasteiger partial charge < -0.3 is 30.9 Å². The monoisotopic (exact) mass is 547 g/mol. The largest absolute Gasteiger partial charge is 1.00 e. The second-order valence-corrected chi connectivity index (χ2v) is 10.7. The van der Waals surface area contributed by atoms with Crippen LogP contribution in [0.1, 0.15) is 60.8 Å². The first-order chi connectivity index (χ1) is 17.0. The third-order valence-electron chi connectivity index (χ3n) is 8.72. The van der Waals surface area contributed by atoms with Gasteiger partial charge in [0.15, 0.2) is 0 Å². The van der Waals surface area contributed by atoms with Crippen molar-refractivity contribution < 1.29 is 35.7 Å². The summed E-state index contributed by atoms with van der Waals surface area (Å²) in [6.07, 6.45) is 5.37. The molecule has 0 amide bonds. The van der Waals surface area contributed by atoms with Gasteiger partial charge >= 0.3 is 5.97 Å². The molecular weight excluding hydrogens is 514 g/mol. The SMILES string of the molecule is CCc1ccc(C[N+]2(C)C3CCC2CC(OC(=O)C2c4ccccc4Oc4ccccc42)C3)cc1.[Br-]. The molecule has 3 heterocycles. The number of hydrogen-bond donors (Lipinski definition) is 0.